The van der Waals surface area contributed by atoms with E-state index in [0.717, 1.165) is 66.2 Å². The summed E-state index contributed by atoms with van der Waals surface area (Å²) in [6.45, 7) is 13.1. The Balaban J connectivity index is 0.00000235. The van der Waals surface area contributed by atoms with Crippen LogP contribution in [0.2, 0.25) is 0 Å². The van der Waals surface area contributed by atoms with Gasteiger partial charge < -0.3 is 19.0 Å². The van der Waals surface area contributed by atoms with E-state index in [4.69, 9.17) is 19.0 Å². The molecule has 0 saturated carbocycles. The van der Waals surface area contributed by atoms with Crippen molar-refractivity contribution in [2.75, 3.05) is 13.7 Å². The van der Waals surface area contributed by atoms with Crippen LogP contribution >= 0.6 is 0 Å². The molecule has 1 N–H and O–H groups in total. The van der Waals surface area contributed by atoms with Gasteiger partial charge in [-0.2, -0.15) is 0 Å². The molecule has 5 rings (SSSR count). The number of hydrogen-bond acceptors (Lipinski definition) is 6. The third-order valence-electron chi connectivity index (χ3n) is 8.94. The highest BCUT2D eigenvalue weighted by atomic mass is 16.6. The molecule has 1 fully saturated rings. The van der Waals surface area contributed by atoms with Gasteiger partial charge in [-0.25, -0.2) is 4.79 Å². The molecule has 2 heterocycles. The first kappa shape index (κ1) is 35.0. The zero-order valence-electron chi connectivity index (χ0n) is 28.6. The molecule has 1 aliphatic heterocycles. The van der Waals surface area contributed by atoms with Gasteiger partial charge in [-0.05, 0) is 94.0 Å². The fourth-order valence-corrected chi connectivity index (χ4v) is 6.62. The van der Waals surface area contributed by atoms with E-state index in [0.29, 0.717) is 42.6 Å². The minimum absolute atomic E-state index is 0.0783. The van der Waals surface area contributed by atoms with E-state index < -0.39 is 11.5 Å². The smallest absolute Gasteiger partial charge is 0.334 e. The Labute approximate surface area is 274 Å². The van der Waals surface area contributed by atoms with Crippen LogP contribution in [0, 0.1) is 41.9 Å². The average molecular weight is 627 g/mol. The van der Waals surface area contributed by atoms with Gasteiger partial charge in [-0.15, -0.1) is 0 Å². The molecule has 1 aliphatic carbocycles. The first-order chi connectivity index (χ1) is 22.0. The molecule has 0 radical (unpaired) electrons. The average Bonchev–Trinajstić information content (AvgIpc) is 3.56. The van der Waals surface area contributed by atoms with E-state index in [2.05, 4.69) is 70.7 Å². The van der Waals surface area contributed by atoms with Crippen LogP contribution in [0.4, 0.5) is 0 Å². The van der Waals surface area contributed by atoms with Crippen LogP contribution in [0.3, 0.4) is 0 Å². The molecule has 6 nitrogen and oxygen atoms in total. The number of hydrogen-bond donors (Lipinski definition) is 1. The van der Waals surface area contributed by atoms with Crippen molar-refractivity contribution >= 4 is 22.9 Å². The third kappa shape index (κ3) is 8.91. The van der Waals surface area contributed by atoms with E-state index in [-0.39, 0.29) is 18.5 Å². The molecule has 246 valence electrons. The van der Waals surface area contributed by atoms with Crippen LogP contribution in [-0.2, 0) is 31.9 Å². The molecule has 0 amide bonds. The monoisotopic (exact) mass is 626 g/mol. The number of fused-ring (bicyclic) bond motifs is 3. The van der Waals surface area contributed by atoms with Gasteiger partial charge in [0.15, 0.2) is 0 Å². The van der Waals surface area contributed by atoms with E-state index in [1.165, 1.54) is 5.56 Å². The summed E-state index contributed by atoms with van der Waals surface area (Å²) in [5.41, 5.74) is 5.11. The normalized spacial score (nSPS) is 19.9. The number of allylic oxidation sites excluding steroid dienone is 1. The molecule has 0 spiro atoms. The topological polar surface area (TPSA) is 86.0 Å². The number of esters is 2. The molecular weight excluding hydrogens is 576 g/mol. The Hall–Kier alpha value is -3.82. The van der Waals surface area contributed by atoms with Gasteiger partial charge in [0.05, 0.1) is 5.41 Å². The summed E-state index contributed by atoms with van der Waals surface area (Å²) in [6, 6.07) is 14.2. The number of ether oxygens (including phenoxy) is 2. The van der Waals surface area contributed by atoms with Crippen molar-refractivity contribution in [2.24, 2.45) is 23.2 Å². The second-order valence-corrected chi connectivity index (χ2v) is 14.0. The van der Waals surface area contributed by atoms with Crippen molar-refractivity contribution in [1.29, 1.82) is 0 Å². The zero-order valence-corrected chi connectivity index (χ0v) is 28.6. The van der Waals surface area contributed by atoms with Crippen molar-refractivity contribution in [3.8, 4) is 11.8 Å². The summed E-state index contributed by atoms with van der Waals surface area (Å²) in [5, 5.41) is 8.06. The minimum atomic E-state index is -0.697. The molecular formula is C40H50O6. The van der Waals surface area contributed by atoms with Gasteiger partial charge in [0.2, 0.25) is 0 Å². The lowest BCUT2D eigenvalue weighted by Crippen LogP contribution is -2.36. The first-order valence-corrected chi connectivity index (χ1v) is 16.6. The van der Waals surface area contributed by atoms with E-state index in [9.17, 15) is 9.59 Å². The second kappa shape index (κ2) is 15.6. The highest BCUT2D eigenvalue weighted by Gasteiger charge is 2.41. The van der Waals surface area contributed by atoms with Crippen molar-refractivity contribution in [1.82, 2.24) is 0 Å². The number of carbonyl (C=O) groups excluding carboxylic acids is 2. The van der Waals surface area contributed by atoms with Crippen LogP contribution in [0.1, 0.15) is 94.7 Å². The van der Waals surface area contributed by atoms with Gasteiger partial charge in [-0.3, -0.25) is 4.79 Å². The number of carbonyl (C=O) groups is 2. The Bertz CT molecular complexity index is 1590. The summed E-state index contributed by atoms with van der Waals surface area (Å²) in [5.74, 6) is 8.61. The molecule has 1 aromatic heterocycles. The predicted molar refractivity (Wildman–Crippen MR) is 182 cm³/mol. The van der Waals surface area contributed by atoms with E-state index in [1.54, 1.807) is 0 Å². The lowest BCUT2D eigenvalue weighted by atomic mass is 9.75. The van der Waals surface area contributed by atoms with Crippen LogP contribution in [0.25, 0.3) is 11.0 Å². The lowest BCUT2D eigenvalue weighted by molar-refractivity contribution is -0.161. The number of benzene rings is 2. The van der Waals surface area contributed by atoms with Crippen LogP contribution in [0.5, 0.6) is 0 Å². The second-order valence-electron chi connectivity index (χ2n) is 14.0. The maximum atomic E-state index is 13.3. The lowest BCUT2D eigenvalue weighted by Gasteiger charge is -2.30. The molecule has 0 bridgehead atoms. The molecule has 46 heavy (non-hydrogen) atoms. The van der Waals surface area contributed by atoms with Crippen LogP contribution in [-0.4, -0.2) is 36.9 Å². The van der Waals surface area contributed by atoms with Gasteiger partial charge >= 0.3 is 11.9 Å². The number of furan rings is 1. The Morgan fingerprint density at radius 3 is 2.37 bits per heavy atom. The maximum absolute atomic E-state index is 13.3. The van der Waals surface area contributed by atoms with Crippen molar-refractivity contribution in [3.63, 3.8) is 0 Å². The van der Waals surface area contributed by atoms with Crippen molar-refractivity contribution in [2.45, 2.75) is 92.6 Å². The van der Waals surface area contributed by atoms with Crippen LogP contribution < -0.4 is 0 Å². The third-order valence-corrected chi connectivity index (χ3v) is 8.94. The number of aryl methyl sites for hydroxylation is 2. The number of rotatable bonds is 9. The van der Waals surface area contributed by atoms with Gasteiger partial charge in [0, 0.05) is 47.6 Å². The Morgan fingerprint density at radius 1 is 1.04 bits per heavy atom. The van der Waals surface area contributed by atoms with E-state index in [1.807, 2.05) is 31.2 Å². The summed E-state index contributed by atoms with van der Waals surface area (Å²) in [4.78, 5) is 25.9. The quantitative estimate of drug-likeness (QED) is 0.147. The molecule has 6 heteroatoms. The van der Waals surface area contributed by atoms with Crippen molar-refractivity contribution in [3.05, 3.63) is 82.1 Å². The van der Waals surface area contributed by atoms with Crippen LogP contribution in [0.15, 0.2) is 58.5 Å². The molecule has 2 atom stereocenters. The summed E-state index contributed by atoms with van der Waals surface area (Å²) in [6.07, 6.45) is 7.15. The summed E-state index contributed by atoms with van der Waals surface area (Å²) >= 11 is 0. The summed E-state index contributed by atoms with van der Waals surface area (Å²) in [7, 11) is 1.00. The molecule has 1 saturated heterocycles. The van der Waals surface area contributed by atoms with Gasteiger partial charge in [-0.1, -0.05) is 63.3 Å². The molecule has 2 aromatic carbocycles. The zero-order chi connectivity index (χ0) is 33.4. The largest absolute Gasteiger partial charge is 0.461 e. The molecule has 2 aliphatic rings. The van der Waals surface area contributed by atoms with Gasteiger partial charge in [0.1, 0.15) is 24.1 Å². The van der Waals surface area contributed by atoms with Gasteiger partial charge in [0.25, 0.3) is 0 Å². The first-order valence-electron chi connectivity index (χ1n) is 16.6. The predicted octanol–water partition coefficient (Wildman–Crippen LogP) is 8.13. The fourth-order valence-electron chi connectivity index (χ4n) is 6.62. The Kier molecular flexibility index (Phi) is 11.9. The maximum Gasteiger partial charge on any atom is 0.334 e. The number of cyclic esters (lactones) is 1. The SMILES string of the molecule is CO.Cc1ccc(C#Cc2ccc3oc4c(c3c2)CCC(C)(C(=O)OCC2C/C(=C\CC(CC(C)C)CC(C)C)C(=O)O2)C4)cc1. The Morgan fingerprint density at radius 2 is 1.70 bits per heavy atom. The van der Waals surface area contributed by atoms with Crippen molar-refractivity contribution < 1.29 is 28.6 Å². The standard InChI is InChI=1S/C39H46O5.CH4O/c1-25(2)19-30(20-26(3)4)13-15-31-22-32(43-37(31)40)24-42-38(41)39(6)18-17-33-34-21-29(14-16-35(34)44-36(33)23-39)12-11-28-9-7-27(5)8-10-28;1-2/h7-10,14-16,21,25-26,30,32H,13,17-20,22-24H2,1-6H3;2H,1H3/b31-15+;. The summed E-state index contributed by atoms with van der Waals surface area (Å²) < 4.78 is 17.6. The molecule has 3 aromatic rings. The fraction of sp³-hybridized carbons (Fsp3) is 0.500. The minimum Gasteiger partial charge on any atom is -0.461 e. The molecule has 2 unspecified atom stereocenters. The number of aliphatic hydroxyl groups excluding tert-OH is 1. The highest BCUT2D eigenvalue weighted by molar-refractivity contribution is 5.90. The van der Waals surface area contributed by atoms with E-state index >= 15 is 0 Å². The number of aliphatic hydroxyl groups is 1. The highest BCUT2D eigenvalue weighted by Crippen LogP contribution is 2.41.